The maximum Gasteiger partial charge on any atom is 0.130 e. The Bertz CT molecular complexity index is 254. The predicted octanol–water partition coefficient (Wildman–Crippen LogP) is 3.10. The summed E-state index contributed by atoms with van der Waals surface area (Å²) in [5, 5.41) is 0. The highest BCUT2D eigenvalue weighted by Gasteiger charge is 2.21. The topological polar surface area (TPSA) is 26.0 Å². The van der Waals surface area contributed by atoms with Crippen LogP contribution in [-0.2, 0) is 0 Å². The fourth-order valence-corrected chi connectivity index (χ4v) is 1.08. The Kier molecular flexibility index (Phi) is 4.08. The van der Waals surface area contributed by atoms with Crippen LogP contribution in [0.5, 0.6) is 0 Å². The Labute approximate surface area is 79.8 Å². The summed E-state index contributed by atoms with van der Waals surface area (Å²) in [6, 6.07) is 0. The molecule has 2 N–H and O–H groups in total. The van der Waals surface area contributed by atoms with Gasteiger partial charge in [0.25, 0.3) is 0 Å². The van der Waals surface area contributed by atoms with Crippen LogP contribution in [0.3, 0.4) is 0 Å². The minimum absolute atomic E-state index is 0.273. The van der Waals surface area contributed by atoms with Crippen LogP contribution in [0.2, 0.25) is 0 Å². The largest absolute Gasteiger partial charge is 0.322 e. The summed E-state index contributed by atoms with van der Waals surface area (Å²) in [5.41, 5.74) is 6.20. The van der Waals surface area contributed by atoms with E-state index in [0.29, 0.717) is 11.1 Å². The molecule has 0 unspecified atom stereocenters. The molecule has 0 spiro atoms. The van der Waals surface area contributed by atoms with E-state index in [1.807, 2.05) is 0 Å². The van der Waals surface area contributed by atoms with Crippen LogP contribution in [0.25, 0.3) is 0 Å². The molecule has 0 aromatic heterocycles. The SMILES string of the molecule is C=C/C(C)=C(F)\C(=C/C)C(C)(C)N. The third-order valence-electron chi connectivity index (χ3n) is 1.87. The van der Waals surface area contributed by atoms with Gasteiger partial charge in [-0.25, -0.2) is 4.39 Å². The van der Waals surface area contributed by atoms with Gasteiger partial charge in [0.15, 0.2) is 0 Å². The zero-order valence-electron chi connectivity index (χ0n) is 8.82. The smallest absolute Gasteiger partial charge is 0.130 e. The Morgan fingerprint density at radius 2 is 1.92 bits per heavy atom. The van der Waals surface area contributed by atoms with Crippen LogP contribution in [0.15, 0.2) is 35.7 Å². The highest BCUT2D eigenvalue weighted by atomic mass is 19.1. The van der Waals surface area contributed by atoms with Crippen molar-refractivity contribution in [2.24, 2.45) is 5.73 Å². The van der Waals surface area contributed by atoms with Gasteiger partial charge in [-0.2, -0.15) is 0 Å². The van der Waals surface area contributed by atoms with E-state index in [4.69, 9.17) is 5.73 Å². The van der Waals surface area contributed by atoms with E-state index in [0.717, 1.165) is 0 Å². The van der Waals surface area contributed by atoms with E-state index in [2.05, 4.69) is 6.58 Å². The first-order valence-electron chi connectivity index (χ1n) is 4.29. The van der Waals surface area contributed by atoms with Gasteiger partial charge in [-0.3, -0.25) is 0 Å². The van der Waals surface area contributed by atoms with E-state index in [1.54, 1.807) is 33.8 Å². The van der Waals surface area contributed by atoms with Gasteiger partial charge in [0.05, 0.1) is 0 Å². The van der Waals surface area contributed by atoms with Crippen molar-refractivity contribution in [3.8, 4) is 0 Å². The number of halogens is 1. The lowest BCUT2D eigenvalue weighted by Crippen LogP contribution is -2.34. The van der Waals surface area contributed by atoms with Gasteiger partial charge < -0.3 is 5.73 Å². The molecular weight excluding hydrogens is 165 g/mol. The number of rotatable bonds is 3. The Balaban J connectivity index is 5.17. The van der Waals surface area contributed by atoms with Crippen LogP contribution in [0.1, 0.15) is 27.7 Å². The van der Waals surface area contributed by atoms with Crippen LogP contribution in [0.4, 0.5) is 4.39 Å². The second-order valence-corrected chi connectivity index (χ2v) is 3.63. The quantitative estimate of drug-likeness (QED) is 0.668. The van der Waals surface area contributed by atoms with Gasteiger partial charge in [0.2, 0.25) is 0 Å². The van der Waals surface area contributed by atoms with Gasteiger partial charge in [0, 0.05) is 11.1 Å². The monoisotopic (exact) mass is 183 g/mol. The molecule has 0 saturated heterocycles. The Morgan fingerprint density at radius 3 is 2.15 bits per heavy atom. The second kappa shape index (κ2) is 4.38. The molecule has 0 atom stereocenters. The maximum atomic E-state index is 13.6. The minimum Gasteiger partial charge on any atom is -0.322 e. The number of nitrogens with two attached hydrogens (primary N) is 1. The summed E-state index contributed by atoms with van der Waals surface area (Å²) in [6.07, 6.45) is 3.19. The molecule has 0 heterocycles. The van der Waals surface area contributed by atoms with Crippen molar-refractivity contribution in [3.05, 3.63) is 35.7 Å². The molecule has 1 nitrogen and oxygen atoms in total. The fourth-order valence-electron chi connectivity index (χ4n) is 1.08. The minimum atomic E-state index is -0.650. The summed E-state index contributed by atoms with van der Waals surface area (Å²) < 4.78 is 13.6. The Morgan fingerprint density at radius 1 is 1.46 bits per heavy atom. The van der Waals surface area contributed by atoms with Gasteiger partial charge in [-0.05, 0) is 33.3 Å². The third kappa shape index (κ3) is 3.15. The van der Waals surface area contributed by atoms with Crippen LogP contribution < -0.4 is 5.73 Å². The van der Waals surface area contributed by atoms with E-state index < -0.39 is 5.54 Å². The third-order valence-corrected chi connectivity index (χ3v) is 1.87. The van der Waals surface area contributed by atoms with Crippen molar-refractivity contribution in [1.82, 2.24) is 0 Å². The average molecular weight is 183 g/mol. The molecule has 0 bridgehead atoms. The lowest BCUT2D eigenvalue weighted by molar-refractivity contribution is 0.546. The lowest BCUT2D eigenvalue weighted by atomic mass is 9.92. The van der Waals surface area contributed by atoms with E-state index in [1.165, 1.54) is 6.08 Å². The molecule has 74 valence electrons. The Hall–Kier alpha value is -0.890. The van der Waals surface area contributed by atoms with E-state index >= 15 is 0 Å². The molecule has 0 amide bonds. The van der Waals surface area contributed by atoms with Gasteiger partial charge >= 0.3 is 0 Å². The van der Waals surface area contributed by atoms with Gasteiger partial charge in [-0.1, -0.05) is 18.7 Å². The van der Waals surface area contributed by atoms with Gasteiger partial charge in [0.1, 0.15) is 5.83 Å². The fraction of sp³-hybridized carbons (Fsp3) is 0.455. The highest BCUT2D eigenvalue weighted by Crippen LogP contribution is 2.25. The van der Waals surface area contributed by atoms with Crippen molar-refractivity contribution in [2.75, 3.05) is 0 Å². The first kappa shape index (κ1) is 12.1. The highest BCUT2D eigenvalue weighted by molar-refractivity contribution is 5.39. The molecular formula is C11H18FN. The standard InChI is InChI=1S/C11H18FN/c1-6-8(3)10(12)9(7-2)11(4,5)13/h6-7H,1,13H2,2-5H3/b9-7+,10-8+. The normalized spacial score (nSPS) is 15.4. The van der Waals surface area contributed by atoms with Crippen LogP contribution in [0, 0.1) is 0 Å². The summed E-state index contributed by atoms with van der Waals surface area (Å²) in [4.78, 5) is 0. The molecule has 2 heteroatoms. The number of hydrogen-bond acceptors (Lipinski definition) is 1. The molecule has 0 aliphatic rings. The molecule has 0 aromatic carbocycles. The van der Waals surface area contributed by atoms with Gasteiger partial charge in [-0.15, -0.1) is 0 Å². The molecule has 0 fully saturated rings. The second-order valence-electron chi connectivity index (χ2n) is 3.63. The van der Waals surface area contributed by atoms with E-state index in [9.17, 15) is 4.39 Å². The summed E-state index contributed by atoms with van der Waals surface area (Å²) in [5.74, 6) is -0.273. The van der Waals surface area contributed by atoms with Crippen molar-refractivity contribution in [2.45, 2.75) is 33.2 Å². The number of allylic oxidation sites excluding steroid dienone is 3. The van der Waals surface area contributed by atoms with Crippen molar-refractivity contribution >= 4 is 0 Å². The van der Waals surface area contributed by atoms with Crippen molar-refractivity contribution in [1.29, 1.82) is 0 Å². The average Bonchev–Trinajstić information content (AvgIpc) is 2.01. The van der Waals surface area contributed by atoms with Crippen molar-refractivity contribution < 1.29 is 4.39 Å². The lowest BCUT2D eigenvalue weighted by Gasteiger charge is -2.22. The molecule has 0 rings (SSSR count). The molecule has 0 aliphatic heterocycles. The summed E-state index contributed by atoms with van der Waals surface area (Å²) >= 11 is 0. The first-order valence-corrected chi connectivity index (χ1v) is 4.29. The van der Waals surface area contributed by atoms with Crippen LogP contribution >= 0.6 is 0 Å². The molecule has 13 heavy (non-hydrogen) atoms. The molecule has 0 aliphatic carbocycles. The first-order chi connectivity index (χ1) is 5.84. The molecule has 0 aromatic rings. The predicted molar refractivity (Wildman–Crippen MR) is 56.0 cm³/mol. The van der Waals surface area contributed by atoms with E-state index in [-0.39, 0.29) is 5.83 Å². The number of hydrogen-bond donors (Lipinski definition) is 1. The zero-order chi connectivity index (χ0) is 10.6. The summed E-state index contributed by atoms with van der Waals surface area (Å²) in [7, 11) is 0. The zero-order valence-corrected chi connectivity index (χ0v) is 8.82. The van der Waals surface area contributed by atoms with Crippen LogP contribution in [-0.4, -0.2) is 5.54 Å². The maximum absolute atomic E-state index is 13.6. The molecule has 0 saturated carbocycles. The summed E-state index contributed by atoms with van der Waals surface area (Å²) in [6.45, 7) is 10.5. The van der Waals surface area contributed by atoms with Crippen molar-refractivity contribution in [3.63, 3.8) is 0 Å². The molecule has 0 radical (unpaired) electrons.